The van der Waals surface area contributed by atoms with Gasteiger partial charge in [0.2, 0.25) is 0 Å². The lowest BCUT2D eigenvalue weighted by Gasteiger charge is -1.99. The lowest BCUT2D eigenvalue weighted by Crippen LogP contribution is -1.99. The molecule has 0 aliphatic rings. The molecule has 0 bridgehead atoms. The summed E-state index contributed by atoms with van der Waals surface area (Å²) in [5, 5.41) is 8.77. The zero-order valence-corrected chi connectivity index (χ0v) is 7.10. The summed E-state index contributed by atoms with van der Waals surface area (Å²) in [4.78, 5) is -0.402. The molecule has 0 heterocycles. The summed E-state index contributed by atoms with van der Waals surface area (Å²) >= 11 is 0. The van der Waals surface area contributed by atoms with Gasteiger partial charge in [-0.2, -0.15) is 0 Å². The molecule has 0 radical (unpaired) electrons. The second-order valence-corrected chi connectivity index (χ2v) is 4.37. The molecule has 0 saturated heterocycles. The smallest absolute Gasteiger partial charge is 0.178 e. The largest absolute Gasteiger partial charge is 0.508 e. The van der Waals surface area contributed by atoms with E-state index in [0.29, 0.717) is 0 Å². The summed E-state index contributed by atoms with van der Waals surface area (Å²) < 4.78 is 34.5. The Balaban J connectivity index is 3.39. The third-order valence-electron chi connectivity index (χ3n) is 1.31. The van der Waals surface area contributed by atoms with Crippen LogP contribution in [0.15, 0.2) is 23.1 Å². The fourth-order valence-corrected chi connectivity index (χ4v) is 1.52. The maximum absolute atomic E-state index is 12.8. The molecule has 1 aromatic carbocycles. The van der Waals surface area contributed by atoms with E-state index >= 15 is 0 Å². The summed E-state index contributed by atoms with van der Waals surface area (Å²) in [7, 11) is -3.54. The minimum Gasteiger partial charge on any atom is -0.508 e. The van der Waals surface area contributed by atoms with Gasteiger partial charge in [0, 0.05) is 12.3 Å². The zero-order chi connectivity index (χ0) is 9.35. The highest BCUT2D eigenvalue weighted by molar-refractivity contribution is 7.90. The van der Waals surface area contributed by atoms with Crippen molar-refractivity contribution >= 4 is 9.84 Å². The van der Waals surface area contributed by atoms with E-state index in [0.717, 1.165) is 24.5 Å². The first-order valence-corrected chi connectivity index (χ1v) is 4.99. The van der Waals surface area contributed by atoms with Crippen LogP contribution in [0, 0.1) is 5.82 Å². The van der Waals surface area contributed by atoms with Crippen molar-refractivity contribution in [1.29, 1.82) is 0 Å². The van der Waals surface area contributed by atoms with Crippen molar-refractivity contribution in [3.8, 4) is 5.75 Å². The predicted octanol–water partition coefficient (Wildman–Crippen LogP) is 0.935. The van der Waals surface area contributed by atoms with Crippen molar-refractivity contribution in [1.82, 2.24) is 0 Å². The van der Waals surface area contributed by atoms with Gasteiger partial charge in [-0.25, -0.2) is 12.8 Å². The number of hydrogen-bond donors (Lipinski definition) is 1. The Hall–Kier alpha value is -1.10. The molecule has 0 aliphatic heterocycles. The average Bonchev–Trinajstić information content (AvgIpc) is 1.83. The number of aromatic hydroxyl groups is 1. The average molecular weight is 190 g/mol. The van der Waals surface area contributed by atoms with Crippen molar-refractivity contribution in [2.75, 3.05) is 6.26 Å². The molecule has 1 N–H and O–H groups in total. The van der Waals surface area contributed by atoms with Crippen molar-refractivity contribution in [3.63, 3.8) is 0 Å². The van der Waals surface area contributed by atoms with E-state index in [1.54, 1.807) is 0 Å². The van der Waals surface area contributed by atoms with Crippen molar-refractivity contribution in [2.24, 2.45) is 0 Å². The molecule has 12 heavy (non-hydrogen) atoms. The number of halogens is 1. The molecule has 0 amide bonds. The van der Waals surface area contributed by atoms with E-state index in [4.69, 9.17) is 5.11 Å². The number of phenols is 1. The molecule has 1 rings (SSSR count). The molecule has 0 fully saturated rings. The SMILES string of the molecule is CS(=O)(=O)c1ccc(O)cc1F. The van der Waals surface area contributed by atoms with Crippen LogP contribution in [-0.4, -0.2) is 19.8 Å². The highest BCUT2D eigenvalue weighted by Gasteiger charge is 2.12. The Morgan fingerprint density at radius 2 is 2.00 bits per heavy atom. The van der Waals surface area contributed by atoms with Crippen LogP contribution < -0.4 is 0 Å². The number of benzene rings is 1. The van der Waals surface area contributed by atoms with Crippen LogP contribution in [0.5, 0.6) is 5.75 Å². The fourth-order valence-electron chi connectivity index (χ4n) is 0.790. The fraction of sp³-hybridized carbons (Fsp3) is 0.143. The maximum Gasteiger partial charge on any atom is 0.178 e. The standard InChI is InChI=1S/C7H7FO3S/c1-12(10,11)7-3-2-5(9)4-6(7)8/h2-4,9H,1H3. The van der Waals surface area contributed by atoms with Crippen LogP contribution in [0.3, 0.4) is 0 Å². The van der Waals surface area contributed by atoms with Gasteiger partial charge in [0.15, 0.2) is 9.84 Å². The van der Waals surface area contributed by atoms with Crippen molar-refractivity contribution in [3.05, 3.63) is 24.0 Å². The Morgan fingerprint density at radius 3 is 2.42 bits per heavy atom. The topological polar surface area (TPSA) is 54.4 Å². The highest BCUT2D eigenvalue weighted by Crippen LogP contribution is 2.18. The number of sulfone groups is 1. The van der Waals surface area contributed by atoms with Gasteiger partial charge in [0.1, 0.15) is 16.5 Å². The van der Waals surface area contributed by atoms with Crippen LogP contribution in [0.4, 0.5) is 4.39 Å². The number of hydrogen-bond acceptors (Lipinski definition) is 3. The van der Waals surface area contributed by atoms with E-state index in [1.165, 1.54) is 0 Å². The van der Waals surface area contributed by atoms with Gasteiger partial charge in [-0.1, -0.05) is 0 Å². The van der Waals surface area contributed by atoms with Gasteiger partial charge in [-0.15, -0.1) is 0 Å². The summed E-state index contributed by atoms with van der Waals surface area (Å²) in [6.45, 7) is 0. The Morgan fingerprint density at radius 1 is 1.42 bits per heavy atom. The zero-order valence-electron chi connectivity index (χ0n) is 6.28. The van der Waals surface area contributed by atoms with Gasteiger partial charge in [0.25, 0.3) is 0 Å². The van der Waals surface area contributed by atoms with Crippen LogP contribution >= 0.6 is 0 Å². The first-order chi connectivity index (χ1) is 5.41. The first kappa shape index (κ1) is 8.99. The van der Waals surface area contributed by atoms with E-state index in [1.807, 2.05) is 0 Å². The molecule has 3 nitrogen and oxygen atoms in total. The van der Waals surface area contributed by atoms with Crippen LogP contribution in [0.25, 0.3) is 0 Å². The van der Waals surface area contributed by atoms with Crippen LogP contribution in [-0.2, 0) is 9.84 Å². The molecule has 0 unspecified atom stereocenters. The summed E-state index contributed by atoms with van der Waals surface area (Å²) in [5.74, 6) is -1.22. The Bertz CT molecular complexity index is 397. The highest BCUT2D eigenvalue weighted by atomic mass is 32.2. The quantitative estimate of drug-likeness (QED) is 0.716. The lowest BCUT2D eigenvalue weighted by molar-refractivity contribution is 0.466. The van der Waals surface area contributed by atoms with Gasteiger partial charge in [-0.05, 0) is 12.1 Å². The lowest BCUT2D eigenvalue weighted by atomic mass is 10.3. The molecular weight excluding hydrogens is 183 g/mol. The van der Waals surface area contributed by atoms with Gasteiger partial charge < -0.3 is 5.11 Å². The first-order valence-electron chi connectivity index (χ1n) is 3.10. The monoisotopic (exact) mass is 190 g/mol. The summed E-state index contributed by atoms with van der Waals surface area (Å²) in [5.41, 5.74) is 0. The molecule has 0 saturated carbocycles. The number of rotatable bonds is 1. The van der Waals surface area contributed by atoms with Gasteiger partial charge >= 0.3 is 0 Å². The van der Waals surface area contributed by atoms with Gasteiger partial charge in [0.05, 0.1) is 0 Å². The van der Waals surface area contributed by atoms with Gasteiger partial charge in [-0.3, -0.25) is 0 Å². The Kier molecular flexibility index (Phi) is 2.06. The molecule has 5 heteroatoms. The minimum absolute atomic E-state index is 0.292. The molecule has 0 aromatic heterocycles. The molecule has 66 valence electrons. The van der Waals surface area contributed by atoms with Crippen LogP contribution in [0.2, 0.25) is 0 Å². The van der Waals surface area contributed by atoms with Crippen molar-refractivity contribution < 1.29 is 17.9 Å². The number of phenolic OH excluding ortho intramolecular Hbond substituents is 1. The summed E-state index contributed by atoms with van der Waals surface area (Å²) in [6, 6.07) is 2.91. The molecule has 0 atom stereocenters. The molecule has 1 aromatic rings. The normalized spacial score (nSPS) is 11.5. The van der Waals surface area contributed by atoms with E-state index in [2.05, 4.69) is 0 Å². The second-order valence-electron chi connectivity index (χ2n) is 2.39. The second kappa shape index (κ2) is 2.75. The molecule has 0 spiro atoms. The molecule has 0 aliphatic carbocycles. The van der Waals surface area contributed by atoms with E-state index in [-0.39, 0.29) is 5.75 Å². The summed E-state index contributed by atoms with van der Waals surface area (Å²) in [6.07, 6.45) is 0.905. The third kappa shape index (κ3) is 1.73. The third-order valence-corrected chi connectivity index (χ3v) is 2.44. The molecular formula is C7H7FO3S. The predicted molar refractivity (Wildman–Crippen MR) is 41.2 cm³/mol. The maximum atomic E-state index is 12.8. The minimum atomic E-state index is -3.54. The Labute approximate surface area is 69.4 Å². The van der Waals surface area contributed by atoms with Crippen LogP contribution in [0.1, 0.15) is 0 Å². The van der Waals surface area contributed by atoms with E-state index < -0.39 is 20.5 Å². The van der Waals surface area contributed by atoms with Crippen molar-refractivity contribution in [2.45, 2.75) is 4.90 Å². The van der Waals surface area contributed by atoms with E-state index in [9.17, 15) is 12.8 Å².